The maximum atomic E-state index is 13.3. The van der Waals surface area contributed by atoms with Crippen LogP contribution in [-0.4, -0.2) is 32.5 Å². The molecular weight excluding hydrogens is 245 g/mol. The summed E-state index contributed by atoms with van der Waals surface area (Å²) in [5.41, 5.74) is 0. The summed E-state index contributed by atoms with van der Waals surface area (Å²) in [5, 5.41) is 2.55. The molecule has 0 bridgehead atoms. The maximum Gasteiger partial charge on any atom is 0.261 e. The van der Waals surface area contributed by atoms with Crippen molar-refractivity contribution in [1.82, 2.24) is 15.0 Å². The highest BCUT2D eigenvalue weighted by atomic mass is 32.2. The summed E-state index contributed by atoms with van der Waals surface area (Å²) in [4.78, 5) is 3.57. The normalized spacial score (nSPS) is 21.4. The van der Waals surface area contributed by atoms with Gasteiger partial charge in [-0.2, -0.15) is 0 Å². The number of hydrogen-bond acceptors (Lipinski definition) is 4. The van der Waals surface area contributed by atoms with Crippen LogP contribution in [0.15, 0.2) is 23.4 Å². The number of sulfonamides is 1. The summed E-state index contributed by atoms with van der Waals surface area (Å²) in [6, 6.07) is 2.24. The first-order valence-electron chi connectivity index (χ1n) is 5.43. The van der Waals surface area contributed by atoms with Crippen LogP contribution in [0.25, 0.3) is 0 Å². The molecule has 1 fully saturated rings. The van der Waals surface area contributed by atoms with E-state index in [9.17, 15) is 12.8 Å². The molecule has 0 radical (unpaired) electrons. The molecule has 17 heavy (non-hydrogen) atoms. The molecule has 1 saturated heterocycles. The van der Waals surface area contributed by atoms with E-state index >= 15 is 0 Å². The monoisotopic (exact) mass is 259 g/mol. The Hall–Kier alpha value is -1.05. The molecule has 2 heterocycles. The Balaban J connectivity index is 2.16. The van der Waals surface area contributed by atoms with Crippen LogP contribution in [-0.2, 0) is 10.0 Å². The summed E-state index contributed by atoms with van der Waals surface area (Å²) in [6.07, 6.45) is 2.91. The molecule has 94 valence electrons. The molecule has 1 atom stereocenters. The van der Waals surface area contributed by atoms with Crippen molar-refractivity contribution in [1.29, 1.82) is 0 Å². The van der Waals surface area contributed by atoms with Crippen LogP contribution in [0.4, 0.5) is 4.39 Å². The fourth-order valence-corrected chi connectivity index (χ4v) is 3.07. The number of pyridine rings is 1. The van der Waals surface area contributed by atoms with Crippen LogP contribution in [0, 0.1) is 5.82 Å². The number of halogens is 1. The van der Waals surface area contributed by atoms with Crippen molar-refractivity contribution < 1.29 is 12.8 Å². The van der Waals surface area contributed by atoms with Crippen molar-refractivity contribution in [2.75, 3.05) is 13.1 Å². The van der Waals surface area contributed by atoms with Gasteiger partial charge in [-0.1, -0.05) is 0 Å². The predicted octanol–water partition coefficient (Wildman–Crippen LogP) is 0.251. The molecule has 0 aromatic carbocycles. The van der Waals surface area contributed by atoms with Crippen molar-refractivity contribution in [3.63, 3.8) is 0 Å². The second-order valence-corrected chi connectivity index (χ2v) is 5.58. The molecule has 7 heteroatoms. The van der Waals surface area contributed by atoms with Crippen LogP contribution in [0.5, 0.6) is 0 Å². The number of aromatic nitrogens is 1. The van der Waals surface area contributed by atoms with E-state index in [1.807, 2.05) is 0 Å². The standard InChI is InChI=1S/C10H14FN3O2S/c11-9-4-2-6-13-10(9)17(15,16)14-8-3-1-5-12-7-8/h2,4,6,8,12,14H,1,3,5,7H2/t8-/m1/s1. The fourth-order valence-electron chi connectivity index (χ4n) is 1.80. The van der Waals surface area contributed by atoms with Crippen LogP contribution < -0.4 is 10.0 Å². The third kappa shape index (κ3) is 2.99. The SMILES string of the molecule is O=S(=O)(N[C@@H]1CCCNC1)c1ncccc1F. The first-order chi connectivity index (χ1) is 8.09. The lowest BCUT2D eigenvalue weighted by atomic mass is 10.1. The van der Waals surface area contributed by atoms with Gasteiger partial charge in [-0.05, 0) is 31.5 Å². The third-order valence-corrected chi connectivity index (χ3v) is 4.05. The molecule has 0 aliphatic carbocycles. The summed E-state index contributed by atoms with van der Waals surface area (Å²) < 4.78 is 39.6. The largest absolute Gasteiger partial charge is 0.315 e. The zero-order chi connectivity index (χ0) is 12.3. The van der Waals surface area contributed by atoms with Crippen molar-refractivity contribution in [2.45, 2.75) is 23.9 Å². The van der Waals surface area contributed by atoms with Crippen LogP contribution >= 0.6 is 0 Å². The highest BCUT2D eigenvalue weighted by Crippen LogP contribution is 2.12. The van der Waals surface area contributed by atoms with E-state index in [1.54, 1.807) is 0 Å². The molecule has 0 saturated carbocycles. The molecule has 1 aliphatic rings. The predicted molar refractivity (Wildman–Crippen MR) is 60.4 cm³/mol. The van der Waals surface area contributed by atoms with Crippen molar-refractivity contribution in [2.24, 2.45) is 0 Å². The molecule has 1 aromatic rings. The number of piperidine rings is 1. The summed E-state index contributed by atoms with van der Waals surface area (Å²) in [6.45, 7) is 1.45. The number of nitrogens with zero attached hydrogens (tertiary/aromatic N) is 1. The van der Waals surface area contributed by atoms with Gasteiger partial charge in [-0.25, -0.2) is 22.5 Å². The highest BCUT2D eigenvalue weighted by Gasteiger charge is 2.25. The minimum Gasteiger partial charge on any atom is -0.315 e. The van der Waals surface area contributed by atoms with Gasteiger partial charge in [0.05, 0.1) is 0 Å². The van der Waals surface area contributed by atoms with Crippen LogP contribution in [0.3, 0.4) is 0 Å². The third-order valence-electron chi connectivity index (χ3n) is 2.60. The van der Waals surface area contributed by atoms with Crippen molar-refractivity contribution in [3.05, 3.63) is 24.1 Å². The zero-order valence-electron chi connectivity index (χ0n) is 9.19. The zero-order valence-corrected chi connectivity index (χ0v) is 10.0. The molecular formula is C10H14FN3O2S. The van der Waals surface area contributed by atoms with Gasteiger partial charge >= 0.3 is 0 Å². The molecule has 1 aliphatic heterocycles. The summed E-state index contributed by atoms with van der Waals surface area (Å²) in [7, 11) is -3.87. The Morgan fingerprint density at radius 2 is 2.35 bits per heavy atom. The van der Waals surface area contributed by atoms with E-state index in [-0.39, 0.29) is 6.04 Å². The number of hydrogen-bond donors (Lipinski definition) is 2. The Kier molecular flexibility index (Phi) is 3.70. The van der Waals surface area contributed by atoms with Gasteiger partial charge in [-0.3, -0.25) is 0 Å². The van der Waals surface area contributed by atoms with E-state index < -0.39 is 20.9 Å². The lowest BCUT2D eigenvalue weighted by molar-refractivity contribution is 0.426. The first-order valence-corrected chi connectivity index (χ1v) is 6.91. The van der Waals surface area contributed by atoms with Gasteiger partial charge in [0.25, 0.3) is 10.0 Å². The topological polar surface area (TPSA) is 71.1 Å². The average molecular weight is 259 g/mol. The Morgan fingerprint density at radius 1 is 1.53 bits per heavy atom. The molecule has 0 unspecified atom stereocenters. The minimum atomic E-state index is -3.87. The van der Waals surface area contributed by atoms with Gasteiger partial charge in [0.2, 0.25) is 5.03 Å². The first kappa shape index (κ1) is 12.4. The quantitative estimate of drug-likeness (QED) is 0.816. The number of rotatable bonds is 3. The van der Waals surface area contributed by atoms with Crippen molar-refractivity contribution >= 4 is 10.0 Å². The molecule has 0 amide bonds. The van der Waals surface area contributed by atoms with E-state index in [0.717, 1.165) is 25.5 Å². The summed E-state index contributed by atoms with van der Waals surface area (Å²) in [5.74, 6) is -0.830. The van der Waals surface area contributed by atoms with E-state index in [4.69, 9.17) is 0 Å². The molecule has 0 spiro atoms. The fraction of sp³-hybridized carbons (Fsp3) is 0.500. The average Bonchev–Trinajstić information content (AvgIpc) is 2.30. The maximum absolute atomic E-state index is 13.3. The second-order valence-electron chi connectivity index (χ2n) is 3.95. The van der Waals surface area contributed by atoms with Gasteiger partial charge in [0, 0.05) is 18.8 Å². The Morgan fingerprint density at radius 3 is 3.00 bits per heavy atom. The second kappa shape index (κ2) is 5.07. The molecule has 1 aromatic heterocycles. The van der Waals surface area contributed by atoms with E-state index in [2.05, 4.69) is 15.0 Å². The van der Waals surface area contributed by atoms with Crippen LogP contribution in [0.1, 0.15) is 12.8 Å². The van der Waals surface area contributed by atoms with Gasteiger partial charge in [0.15, 0.2) is 5.82 Å². The number of nitrogens with one attached hydrogen (secondary N) is 2. The van der Waals surface area contributed by atoms with E-state index in [1.165, 1.54) is 12.3 Å². The Bertz CT molecular complexity index is 486. The van der Waals surface area contributed by atoms with Gasteiger partial charge < -0.3 is 5.32 Å². The molecule has 5 nitrogen and oxygen atoms in total. The minimum absolute atomic E-state index is 0.199. The van der Waals surface area contributed by atoms with Crippen LogP contribution in [0.2, 0.25) is 0 Å². The summed E-state index contributed by atoms with van der Waals surface area (Å²) >= 11 is 0. The smallest absolute Gasteiger partial charge is 0.261 e. The van der Waals surface area contributed by atoms with Gasteiger partial charge in [-0.15, -0.1) is 0 Å². The Labute approximate surface area is 99.5 Å². The van der Waals surface area contributed by atoms with E-state index in [0.29, 0.717) is 6.54 Å². The molecule has 2 rings (SSSR count). The molecule has 2 N–H and O–H groups in total. The lowest BCUT2D eigenvalue weighted by Gasteiger charge is -2.23. The van der Waals surface area contributed by atoms with Gasteiger partial charge in [0.1, 0.15) is 0 Å². The highest BCUT2D eigenvalue weighted by molar-refractivity contribution is 7.89. The van der Waals surface area contributed by atoms with Crippen molar-refractivity contribution in [3.8, 4) is 0 Å². The lowest BCUT2D eigenvalue weighted by Crippen LogP contribution is -2.45.